The monoisotopic (exact) mass is 303 g/mol. The number of carbonyl (C=O) groups excluding carboxylic acids is 1. The topological polar surface area (TPSA) is 78.9 Å². The van der Waals surface area contributed by atoms with E-state index >= 15 is 0 Å². The summed E-state index contributed by atoms with van der Waals surface area (Å²) in [6.07, 6.45) is 2.04. The van der Waals surface area contributed by atoms with Crippen LogP contribution in [-0.2, 0) is 6.42 Å². The molecular weight excluding hydrogens is 286 g/mol. The van der Waals surface area contributed by atoms with Gasteiger partial charge >= 0.3 is 6.03 Å². The molecule has 2 aromatic rings. The molecule has 0 unspecified atom stereocenters. The first-order valence-corrected chi connectivity index (χ1v) is 7.72. The number of carbonyl (C=O) groups is 1. The predicted molar refractivity (Wildman–Crippen MR) is 83.8 cm³/mol. The molecule has 0 fully saturated rings. The molecule has 1 aromatic heterocycles. The van der Waals surface area contributed by atoms with Crippen molar-refractivity contribution >= 4 is 28.2 Å². The molecule has 2 amide bonds. The van der Waals surface area contributed by atoms with E-state index in [1.54, 1.807) is 0 Å². The fraction of sp³-hybridized carbons (Fsp3) is 0.357. The molecule has 3 N–H and O–H groups in total. The van der Waals surface area contributed by atoms with E-state index in [9.17, 15) is 4.79 Å². The summed E-state index contributed by atoms with van der Waals surface area (Å²) in [6.45, 7) is 2.43. The van der Waals surface area contributed by atoms with E-state index in [1.165, 1.54) is 16.9 Å². The standard InChI is InChI=1S/C14H17N5OS/c1-9-18-19-14(21-9)17-13(20)15-8-11-7-6-10-4-2-3-5-12(10)16-11/h2-5,11,16H,6-8H2,1H3,(H2,15,17,19,20)/t11-/m1/s1. The number of hydrogen-bond acceptors (Lipinski definition) is 5. The summed E-state index contributed by atoms with van der Waals surface area (Å²) in [6, 6.07) is 8.29. The van der Waals surface area contributed by atoms with Crippen molar-refractivity contribution in [1.82, 2.24) is 15.5 Å². The number of amides is 2. The summed E-state index contributed by atoms with van der Waals surface area (Å²) in [7, 11) is 0. The first-order chi connectivity index (χ1) is 10.2. The number of urea groups is 1. The highest BCUT2D eigenvalue weighted by Gasteiger charge is 2.17. The Bertz CT molecular complexity index is 642. The maximum atomic E-state index is 11.8. The molecule has 0 spiro atoms. The zero-order valence-corrected chi connectivity index (χ0v) is 12.5. The van der Waals surface area contributed by atoms with Crippen LogP contribution in [0.3, 0.4) is 0 Å². The van der Waals surface area contributed by atoms with Crippen LogP contribution in [0.15, 0.2) is 24.3 Å². The van der Waals surface area contributed by atoms with Gasteiger partial charge in [-0.1, -0.05) is 29.5 Å². The van der Waals surface area contributed by atoms with Gasteiger partial charge in [0.1, 0.15) is 5.01 Å². The molecule has 0 saturated carbocycles. The highest BCUT2D eigenvalue weighted by atomic mass is 32.1. The van der Waals surface area contributed by atoms with E-state index in [-0.39, 0.29) is 12.1 Å². The lowest BCUT2D eigenvalue weighted by Gasteiger charge is -2.27. The average Bonchev–Trinajstić information content (AvgIpc) is 2.90. The van der Waals surface area contributed by atoms with Crippen molar-refractivity contribution in [3.8, 4) is 0 Å². The van der Waals surface area contributed by atoms with Crippen LogP contribution in [0.1, 0.15) is 17.0 Å². The summed E-state index contributed by atoms with van der Waals surface area (Å²) in [5.74, 6) is 0. The number of rotatable bonds is 3. The number of hydrogen-bond donors (Lipinski definition) is 3. The van der Waals surface area contributed by atoms with Gasteiger partial charge in [-0.25, -0.2) is 4.79 Å². The molecule has 0 saturated heterocycles. The molecule has 1 aliphatic rings. The first-order valence-electron chi connectivity index (χ1n) is 6.90. The zero-order chi connectivity index (χ0) is 14.7. The van der Waals surface area contributed by atoms with Crippen molar-refractivity contribution < 1.29 is 4.79 Å². The number of nitrogens with zero attached hydrogens (tertiary/aromatic N) is 2. The van der Waals surface area contributed by atoms with Gasteiger partial charge in [-0.3, -0.25) is 5.32 Å². The van der Waals surface area contributed by atoms with Crippen LogP contribution in [0.2, 0.25) is 0 Å². The molecule has 2 heterocycles. The molecule has 1 atom stereocenters. The third kappa shape index (κ3) is 3.49. The lowest BCUT2D eigenvalue weighted by molar-refractivity contribution is 0.251. The number of aryl methyl sites for hydroxylation is 2. The van der Waals surface area contributed by atoms with Gasteiger partial charge < -0.3 is 10.6 Å². The maximum Gasteiger partial charge on any atom is 0.321 e. The lowest BCUT2D eigenvalue weighted by atomic mass is 9.98. The van der Waals surface area contributed by atoms with Gasteiger partial charge in [-0.05, 0) is 31.4 Å². The highest BCUT2D eigenvalue weighted by Crippen LogP contribution is 2.23. The average molecular weight is 303 g/mol. The zero-order valence-electron chi connectivity index (χ0n) is 11.7. The second-order valence-corrected chi connectivity index (χ2v) is 6.18. The van der Waals surface area contributed by atoms with Gasteiger partial charge in [-0.15, -0.1) is 10.2 Å². The van der Waals surface area contributed by atoms with Crippen molar-refractivity contribution in [2.45, 2.75) is 25.8 Å². The SMILES string of the molecule is Cc1nnc(NC(=O)NC[C@H]2CCc3ccccc3N2)s1. The number of benzene rings is 1. The predicted octanol–water partition coefficient (Wildman–Crippen LogP) is 2.39. The Balaban J connectivity index is 1.49. The number of anilines is 2. The Morgan fingerprint density at radius 2 is 2.29 bits per heavy atom. The Morgan fingerprint density at radius 3 is 3.10 bits per heavy atom. The van der Waals surface area contributed by atoms with Crippen LogP contribution in [0.5, 0.6) is 0 Å². The van der Waals surface area contributed by atoms with Crippen LogP contribution in [-0.4, -0.2) is 28.8 Å². The van der Waals surface area contributed by atoms with Gasteiger partial charge in [0.15, 0.2) is 0 Å². The Hall–Kier alpha value is -2.15. The highest BCUT2D eigenvalue weighted by molar-refractivity contribution is 7.15. The van der Waals surface area contributed by atoms with Gasteiger partial charge in [0.05, 0.1) is 0 Å². The molecule has 0 aliphatic carbocycles. The summed E-state index contributed by atoms with van der Waals surface area (Å²) in [4.78, 5) is 11.8. The summed E-state index contributed by atoms with van der Waals surface area (Å²) in [5, 5.41) is 18.1. The van der Waals surface area contributed by atoms with Crippen LogP contribution >= 0.6 is 11.3 Å². The van der Waals surface area contributed by atoms with Crippen molar-refractivity contribution in [2.75, 3.05) is 17.2 Å². The van der Waals surface area contributed by atoms with Gasteiger partial charge in [0.25, 0.3) is 0 Å². The molecule has 0 bridgehead atoms. The van der Waals surface area contributed by atoms with E-state index in [0.29, 0.717) is 11.7 Å². The number of para-hydroxylation sites is 1. The van der Waals surface area contributed by atoms with E-state index in [4.69, 9.17) is 0 Å². The lowest BCUT2D eigenvalue weighted by Crippen LogP contribution is -2.40. The molecule has 7 heteroatoms. The van der Waals surface area contributed by atoms with Gasteiger partial charge in [0, 0.05) is 18.3 Å². The largest absolute Gasteiger partial charge is 0.380 e. The van der Waals surface area contributed by atoms with Crippen molar-refractivity contribution in [3.05, 3.63) is 34.8 Å². The quantitative estimate of drug-likeness (QED) is 0.813. The normalized spacial score (nSPS) is 16.7. The Morgan fingerprint density at radius 1 is 1.43 bits per heavy atom. The molecule has 110 valence electrons. The second kappa shape index (κ2) is 6.09. The van der Waals surface area contributed by atoms with Crippen molar-refractivity contribution in [1.29, 1.82) is 0 Å². The van der Waals surface area contributed by atoms with E-state index < -0.39 is 0 Å². The van der Waals surface area contributed by atoms with Crippen molar-refractivity contribution in [2.24, 2.45) is 0 Å². The third-order valence-electron chi connectivity index (χ3n) is 3.39. The molecular formula is C14H17N5OS. The number of nitrogens with one attached hydrogen (secondary N) is 3. The summed E-state index contributed by atoms with van der Waals surface area (Å²) in [5.41, 5.74) is 2.50. The van der Waals surface area contributed by atoms with E-state index in [1.807, 2.05) is 13.0 Å². The van der Waals surface area contributed by atoms with Crippen LogP contribution < -0.4 is 16.0 Å². The minimum absolute atomic E-state index is 0.244. The van der Waals surface area contributed by atoms with Gasteiger partial charge in [0.2, 0.25) is 5.13 Å². The fourth-order valence-corrected chi connectivity index (χ4v) is 2.95. The maximum absolute atomic E-state index is 11.8. The summed E-state index contributed by atoms with van der Waals surface area (Å²) >= 11 is 1.36. The molecule has 21 heavy (non-hydrogen) atoms. The van der Waals surface area contributed by atoms with Crippen LogP contribution in [0.25, 0.3) is 0 Å². The molecule has 3 rings (SSSR count). The first kappa shape index (κ1) is 13.8. The molecule has 0 radical (unpaired) electrons. The second-order valence-electron chi connectivity index (χ2n) is 5.00. The Kier molecular flexibility index (Phi) is 4.01. The summed E-state index contributed by atoms with van der Waals surface area (Å²) < 4.78 is 0. The molecule has 1 aliphatic heterocycles. The van der Waals surface area contributed by atoms with Crippen LogP contribution in [0.4, 0.5) is 15.6 Å². The minimum atomic E-state index is -0.244. The van der Waals surface area contributed by atoms with E-state index in [2.05, 4.69) is 44.3 Å². The van der Waals surface area contributed by atoms with Crippen molar-refractivity contribution in [3.63, 3.8) is 0 Å². The Labute approximate surface area is 127 Å². The fourth-order valence-electron chi connectivity index (χ4n) is 2.36. The smallest absolute Gasteiger partial charge is 0.321 e. The number of aromatic nitrogens is 2. The number of fused-ring (bicyclic) bond motifs is 1. The van der Waals surface area contributed by atoms with Crippen LogP contribution in [0, 0.1) is 6.92 Å². The molecule has 1 aromatic carbocycles. The molecule has 6 nitrogen and oxygen atoms in total. The third-order valence-corrected chi connectivity index (χ3v) is 4.15. The van der Waals surface area contributed by atoms with E-state index in [0.717, 1.165) is 23.5 Å². The minimum Gasteiger partial charge on any atom is -0.380 e. The van der Waals surface area contributed by atoms with Gasteiger partial charge in [-0.2, -0.15) is 0 Å².